The van der Waals surface area contributed by atoms with Crippen molar-refractivity contribution < 1.29 is 0 Å². The van der Waals surface area contributed by atoms with Crippen molar-refractivity contribution in [1.29, 1.82) is 0 Å². The average Bonchev–Trinajstić information content (AvgIpc) is 3.55. The molecule has 0 bridgehead atoms. The maximum absolute atomic E-state index is 2.43. The average molecular weight is 630 g/mol. The minimum atomic E-state index is 1.12. The van der Waals surface area contributed by atoms with Crippen LogP contribution in [0.1, 0.15) is 0 Å². The lowest BCUT2D eigenvalue weighted by Gasteiger charge is -2.27. The van der Waals surface area contributed by atoms with Crippen LogP contribution in [0.15, 0.2) is 188 Å². The lowest BCUT2D eigenvalue weighted by Crippen LogP contribution is -2.10. The summed E-state index contributed by atoms with van der Waals surface area (Å²) in [7, 11) is 0. The Hall–Kier alpha value is -5.96. The molecular weight excluding hydrogens is 599 g/mol. The lowest BCUT2D eigenvalue weighted by atomic mass is 9.97. The third-order valence-corrected chi connectivity index (χ3v) is 10.5. The van der Waals surface area contributed by atoms with Gasteiger partial charge in [0.1, 0.15) is 0 Å². The number of anilines is 3. The fraction of sp³-hybridized carbons (Fsp3) is 0. The van der Waals surface area contributed by atoms with Crippen LogP contribution in [0.25, 0.3) is 64.3 Å². The van der Waals surface area contributed by atoms with E-state index in [1.807, 2.05) is 11.3 Å². The van der Waals surface area contributed by atoms with E-state index in [9.17, 15) is 0 Å². The van der Waals surface area contributed by atoms with Crippen LogP contribution in [0, 0.1) is 0 Å². The minimum Gasteiger partial charge on any atom is -0.310 e. The summed E-state index contributed by atoms with van der Waals surface area (Å²) in [5.74, 6) is 0. The number of hydrogen-bond acceptors (Lipinski definition) is 2. The molecule has 48 heavy (non-hydrogen) atoms. The maximum atomic E-state index is 2.43. The van der Waals surface area contributed by atoms with Gasteiger partial charge in [-0.25, -0.2) is 0 Å². The zero-order valence-electron chi connectivity index (χ0n) is 26.3. The molecule has 0 aliphatic rings. The first-order valence-electron chi connectivity index (χ1n) is 16.4. The van der Waals surface area contributed by atoms with Crippen molar-refractivity contribution in [2.24, 2.45) is 0 Å². The van der Waals surface area contributed by atoms with Crippen LogP contribution in [0.4, 0.5) is 17.1 Å². The molecule has 0 fully saturated rings. The molecule has 1 aromatic heterocycles. The molecule has 0 amide bonds. The maximum Gasteiger partial charge on any atom is 0.0547 e. The molecule has 8 aromatic carbocycles. The quantitative estimate of drug-likeness (QED) is 0.177. The number of thiophene rings is 1. The molecule has 9 aromatic rings. The van der Waals surface area contributed by atoms with E-state index in [0.717, 1.165) is 11.4 Å². The van der Waals surface area contributed by atoms with Gasteiger partial charge in [-0.2, -0.15) is 0 Å². The molecule has 1 nitrogen and oxygen atoms in total. The van der Waals surface area contributed by atoms with Gasteiger partial charge >= 0.3 is 0 Å². The molecule has 2 heteroatoms. The fourth-order valence-corrected chi connectivity index (χ4v) is 8.23. The first-order valence-corrected chi connectivity index (χ1v) is 17.2. The van der Waals surface area contributed by atoms with Crippen molar-refractivity contribution in [1.82, 2.24) is 0 Å². The molecule has 0 atom stereocenters. The van der Waals surface area contributed by atoms with Gasteiger partial charge < -0.3 is 4.90 Å². The standard InChI is InChI=1S/C46H31NS/c1-4-14-32(15-5-1)33-26-28-34(29-27-33)36-18-12-21-38(30-36)47(37-19-8-3-9-20-37)43-31-42-45-39(35-16-6-2-7-17-35)24-13-25-44(45)48-46(42)41-23-11-10-22-40(41)43/h1-31H. The molecule has 0 aliphatic carbocycles. The molecule has 9 rings (SSSR count). The molecule has 0 N–H and O–H groups in total. The summed E-state index contributed by atoms with van der Waals surface area (Å²) in [5.41, 5.74) is 10.8. The van der Waals surface area contributed by atoms with Crippen molar-refractivity contribution in [2.45, 2.75) is 0 Å². The number of nitrogens with zero attached hydrogens (tertiary/aromatic N) is 1. The zero-order chi connectivity index (χ0) is 31.9. The summed E-state index contributed by atoms with van der Waals surface area (Å²) in [6.45, 7) is 0. The number of rotatable bonds is 6. The highest BCUT2D eigenvalue weighted by molar-refractivity contribution is 7.26. The van der Waals surface area contributed by atoms with Gasteiger partial charge in [-0.1, -0.05) is 152 Å². The van der Waals surface area contributed by atoms with Gasteiger partial charge in [0, 0.05) is 42.3 Å². The number of benzene rings is 8. The highest BCUT2D eigenvalue weighted by Crippen LogP contribution is 2.48. The summed E-state index contributed by atoms with van der Waals surface area (Å²) < 4.78 is 2.63. The van der Waals surface area contributed by atoms with E-state index < -0.39 is 0 Å². The van der Waals surface area contributed by atoms with Crippen LogP contribution in [0.5, 0.6) is 0 Å². The molecule has 226 valence electrons. The van der Waals surface area contributed by atoms with Gasteiger partial charge in [0.25, 0.3) is 0 Å². The van der Waals surface area contributed by atoms with E-state index in [2.05, 4.69) is 193 Å². The Kier molecular flexibility index (Phi) is 7.07. The molecule has 0 saturated carbocycles. The molecule has 0 saturated heterocycles. The van der Waals surface area contributed by atoms with E-state index in [-0.39, 0.29) is 0 Å². The van der Waals surface area contributed by atoms with Crippen molar-refractivity contribution in [2.75, 3.05) is 4.90 Å². The Morgan fingerprint density at radius 1 is 0.354 bits per heavy atom. The minimum absolute atomic E-state index is 1.12. The second kappa shape index (κ2) is 12.0. The van der Waals surface area contributed by atoms with Crippen molar-refractivity contribution >= 4 is 59.3 Å². The second-order valence-corrected chi connectivity index (χ2v) is 13.2. The predicted molar refractivity (Wildman–Crippen MR) is 208 cm³/mol. The van der Waals surface area contributed by atoms with E-state index in [0.29, 0.717) is 0 Å². The lowest BCUT2D eigenvalue weighted by molar-refractivity contribution is 1.30. The van der Waals surface area contributed by atoms with Crippen molar-refractivity contribution in [3.63, 3.8) is 0 Å². The molecule has 0 unspecified atom stereocenters. The predicted octanol–water partition coefficient (Wildman–Crippen LogP) is 13.7. The van der Waals surface area contributed by atoms with Crippen LogP contribution < -0.4 is 4.90 Å². The first kappa shape index (κ1) is 28.3. The molecule has 1 heterocycles. The van der Waals surface area contributed by atoms with Crippen molar-refractivity contribution in [3.05, 3.63) is 188 Å². The summed E-state index contributed by atoms with van der Waals surface area (Å²) in [6.07, 6.45) is 0. The monoisotopic (exact) mass is 629 g/mol. The summed E-state index contributed by atoms with van der Waals surface area (Å²) in [5, 5.41) is 5.12. The fourth-order valence-electron chi connectivity index (χ4n) is 6.99. The number of para-hydroxylation sites is 1. The van der Waals surface area contributed by atoms with E-state index in [1.54, 1.807) is 0 Å². The van der Waals surface area contributed by atoms with E-state index in [4.69, 9.17) is 0 Å². The second-order valence-electron chi connectivity index (χ2n) is 12.1. The third-order valence-electron chi connectivity index (χ3n) is 9.25. The van der Waals surface area contributed by atoms with Crippen LogP contribution in [0.3, 0.4) is 0 Å². The van der Waals surface area contributed by atoms with Crippen LogP contribution in [-0.2, 0) is 0 Å². The van der Waals surface area contributed by atoms with Crippen LogP contribution in [-0.4, -0.2) is 0 Å². The zero-order valence-corrected chi connectivity index (χ0v) is 27.1. The van der Waals surface area contributed by atoms with Crippen LogP contribution >= 0.6 is 11.3 Å². The van der Waals surface area contributed by atoms with E-state index in [1.165, 1.54) is 70.0 Å². The Morgan fingerprint density at radius 2 is 0.896 bits per heavy atom. The van der Waals surface area contributed by atoms with Gasteiger partial charge in [-0.3, -0.25) is 0 Å². The van der Waals surface area contributed by atoms with E-state index >= 15 is 0 Å². The smallest absolute Gasteiger partial charge is 0.0547 e. The molecule has 0 radical (unpaired) electrons. The summed E-state index contributed by atoms with van der Waals surface area (Å²) in [6, 6.07) is 68.0. The summed E-state index contributed by atoms with van der Waals surface area (Å²) in [4.78, 5) is 2.43. The molecule has 0 aliphatic heterocycles. The Bertz CT molecular complexity index is 2530. The summed E-state index contributed by atoms with van der Waals surface area (Å²) >= 11 is 1.89. The number of hydrogen-bond donors (Lipinski definition) is 0. The Labute approximate surface area is 284 Å². The third kappa shape index (κ3) is 4.95. The van der Waals surface area contributed by atoms with Crippen LogP contribution in [0.2, 0.25) is 0 Å². The Balaban J connectivity index is 1.26. The Morgan fingerprint density at radius 3 is 1.62 bits per heavy atom. The van der Waals surface area contributed by atoms with Gasteiger partial charge in [0.05, 0.1) is 5.69 Å². The number of fused-ring (bicyclic) bond motifs is 5. The largest absolute Gasteiger partial charge is 0.310 e. The molecular formula is C46H31NS. The normalized spacial score (nSPS) is 11.3. The topological polar surface area (TPSA) is 3.24 Å². The van der Waals surface area contributed by atoms with Crippen molar-refractivity contribution in [3.8, 4) is 33.4 Å². The van der Waals surface area contributed by atoms with Gasteiger partial charge in [-0.05, 0) is 69.8 Å². The van der Waals surface area contributed by atoms with Gasteiger partial charge in [-0.15, -0.1) is 11.3 Å². The van der Waals surface area contributed by atoms with Gasteiger partial charge in [0.2, 0.25) is 0 Å². The van der Waals surface area contributed by atoms with Gasteiger partial charge in [0.15, 0.2) is 0 Å². The highest BCUT2D eigenvalue weighted by atomic mass is 32.1. The first-order chi connectivity index (χ1) is 23.8. The highest BCUT2D eigenvalue weighted by Gasteiger charge is 2.21. The SMILES string of the molecule is c1ccc(-c2ccc(-c3cccc(N(c4ccccc4)c4cc5c(sc6cccc(-c7ccccc7)c65)c5ccccc45)c3)cc2)cc1. The molecule has 0 spiro atoms.